The van der Waals surface area contributed by atoms with Crippen LogP contribution in [0.15, 0.2) is 65.6 Å². The molecule has 25 heavy (non-hydrogen) atoms. The molecule has 0 bridgehead atoms. The summed E-state index contributed by atoms with van der Waals surface area (Å²) in [7, 11) is -3.76. The van der Waals surface area contributed by atoms with E-state index in [0.717, 1.165) is 5.56 Å². The summed E-state index contributed by atoms with van der Waals surface area (Å²) in [6.07, 6.45) is -0.606. The molecule has 0 aliphatic carbocycles. The third-order valence-electron chi connectivity index (χ3n) is 3.39. The molecule has 2 aromatic carbocycles. The van der Waals surface area contributed by atoms with Gasteiger partial charge >= 0.3 is 6.09 Å². The van der Waals surface area contributed by atoms with Gasteiger partial charge in [0, 0.05) is 6.42 Å². The van der Waals surface area contributed by atoms with Gasteiger partial charge in [0.2, 0.25) is 0 Å². The highest BCUT2D eigenvalue weighted by molar-refractivity contribution is 7.92. The molecule has 0 aromatic heterocycles. The predicted molar refractivity (Wildman–Crippen MR) is 96.9 cm³/mol. The summed E-state index contributed by atoms with van der Waals surface area (Å²) in [5.41, 5.74) is 0.0980. The first-order chi connectivity index (χ1) is 11.7. The molecule has 6 heteroatoms. The maximum absolute atomic E-state index is 13.0. The number of sulfone groups is 1. The second-order valence-corrected chi connectivity index (χ2v) is 8.81. The van der Waals surface area contributed by atoms with Crippen molar-refractivity contribution in [1.82, 2.24) is 5.32 Å². The van der Waals surface area contributed by atoms with E-state index >= 15 is 0 Å². The summed E-state index contributed by atoms with van der Waals surface area (Å²) < 4.78 is 31.2. The van der Waals surface area contributed by atoms with Gasteiger partial charge in [-0.2, -0.15) is 0 Å². The Hall–Kier alpha value is -2.34. The van der Waals surface area contributed by atoms with E-state index in [1.165, 1.54) is 12.1 Å². The monoisotopic (exact) mass is 361 g/mol. The largest absolute Gasteiger partial charge is 0.444 e. The highest BCUT2D eigenvalue weighted by atomic mass is 32.2. The van der Waals surface area contributed by atoms with E-state index in [2.05, 4.69) is 5.32 Å². The molecule has 0 aliphatic heterocycles. The van der Waals surface area contributed by atoms with Crippen molar-refractivity contribution < 1.29 is 17.9 Å². The SMILES string of the molecule is CC(C)(C)OC(=O)NC(Cc1ccccc1)S(=O)(=O)c1ccccc1. The van der Waals surface area contributed by atoms with Crippen molar-refractivity contribution >= 4 is 15.9 Å². The number of benzene rings is 2. The summed E-state index contributed by atoms with van der Waals surface area (Å²) in [5, 5.41) is 1.39. The van der Waals surface area contributed by atoms with Crippen LogP contribution in [0.3, 0.4) is 0 Å². The number of nitrogens with one attached hydrogen (secondary N) is 1. The zero-order chi connectivity index (χ0) is 18.5. The summed E-state index contributed by atoms with van der Waals surface area (Å²) >= 11 is 0. The van der Waals surface area contributed by atoms with Crippen LogP contribution in [0.5, 0.6) is 0 Å². The number of amides is 1. The molecule has 0 radical (unpaired) electrons. The Labute approximate surface area is 148 Å². The van der Waals surface area contributed by atoms with Gasteiger partial charge in [-0.1, -0.05) is 48.5 Å². The third-order valence-corrected chi connectivity index (χ3v) is 5.35. The molecule has 1 atom stereocenters. The molecule has 0 aliphatic rings. The first-order valence-corrected chi connectivity index (χ1v) is 9.55. The van der Waals surface area contributed by atoms with Crippen LogP contribution in [0.1, 0.15) is 26.3 Å². The van der Waals surface area contributed by atoms with Crippen LogP contribution >= 0.6 is 0 Å². The molecular formula is C19H23NO4S. The first-order valence-electron chi connectivity index (χ1n) is 8.01. The van der Waals surface area contributed by atoms with Crippen LogP contribution in [0.4, 0.5) is 4.79 Å². The Balaban J connectivity index is 2.30. The first kappa shape index (κ1) is 19.0. The fraction of sp³-hybridized carbons (Fsp3) is 0.316. The molecular weight excluding hydrogens is 338 g/mol. The van der Waals surface area contributed by atoms with Crippen LogP contribution in [0.25, 0.3) is 0 Å². The van der Waals surface area contributed by atoms with E-state index in [1.807, 2.05) is 30.3 Å². The van der Waals surface area contributed by atoms with E-state index in [0.29, 0.717) is 0 Å². The van der Waals surface area contributed by atoms with Gasteiger partial charge in [-0.15, -0.1) is 0 Å². The van der Waals surface area contributed by atoms with Gasteiger partial charge in [0.15, 0.2) is 9.84 Å². The van der Waals surface area contributed by atoms with Gasteiger partial charge < -0.3 is 10.1 Å². The van der Waals surface area contributed by atoms with E-state index in [-0.39, 0.29) is 11.3 Å². The Kier molecular flexibility index (Phi) is 5.85. The second kappa shape index (κ2) is 7.70. The molecule has 0 spiro atoms. The molecule has 0 saturated heterocycles. The smallest absolute Gasteiger partial charge is 0.408 e. The topological polar surface area (TPSA) is 72.5 Å². The van der Waals surface area contributed by atoms with Crippen molar-refractivity contribution in [1.29, 1.82) is 0 Å². The Bertz CT molecular complexity index is 796. The number of hydrogen-bond acceptors (Lipinski definition) is 4. The van der Waals surface area contributed by atoms with Crippen LogP contribution in [0, 0.1) is 0 Å². The summed E-state index contributed by atoms with van der Waals surface area (Å²) in [4.78, 5) is 12.3. The Morgan fingerprint density at radius 3 is 2.04 bits per heavy atom. The molecule has 0 fully saturated rings. The highest BCUT2D eigenvalue weighted by Gasteiger charge is 2.30. The lowest BCUT2D eigenvalue weighted by atomic mass is 10.1. The van der Waals surface area contributed by atoms with Crippen LogP contribution in [-0.2, 0) is 21.0 Å². The van der Waals surface area contributed by atoms with Crippen molar-refractivity contribution in [3.63, 3.8) is 0 Å². The van der Waals surface area contributed by atoms with Gasteiger partial charge in [-0.05, 0) is 38.5 Å². The zero-order valence-electron chi connectivity index (χ0n) is 14.6. The number of hydrogen-bond donors (Lipinski definition) is 1. The van der Waals surface area contributed by atoms with Crippen molar-refractivity contribution in [3.8, 4) is 0 Å². The van der Waals surface area contributed by atoms with Crippen LogP contribution < -0.4 is 5.32 Å². The lowest BCUT2D eigenvalue weighted by Gasteiger charge is -2.24. The van der Waals surface area contributed by atoms with Gasteiger partial charge in [0.25, 0.3) is 0 Å². The molecule has 1 amide bonds. The fourth-order valence-corrected chi connectivity index (χ4v) is 3.81. The summed E-state index contributed by atoms with van der Waals surface area (Å²) in [6.45, 7) is 5.18. The number of ether oxygens (including phenoxy) is 1. The van der Waals surface area contributed by atoms with Gasteiger partial charge in [0.1, 0.15) is 11.0 Å². The average molecular weight is 361 g/mol. The average Bonchev–Trinajstić information content (AvgIpc) is 2.54. The van der Waals surface area contributed by atoms with E-state index in [4.69, 9.17) is 4.74 Å². The highest BCUT2D eigenvalue weighted by Crippen LogP contribution is 2.18. The predicted octanol–water partition coefficient (Wildman–Crippen LogP) is 3.55. The third kappa shape index (κ3) is 5.60. The lowest BCUT2D eigenvalue weighted by Crippen LogP contribution is -2.44. The van der Waals surface area contributed by atoms with E-state index in [9.17, 15) is 13.2 Å². The standard InChI is InChI=1S/C19H23NO4S/c1-19(2,3)24-18(21)20-17(14-15-10-6-4-7-11-15)25(22,23)16-12-8-5-9-13-16/h4-13,17H,14H2,1-3H3,(H,20,21). The molecule has 2 rings (SSSR count). The van der Waals surface area contributed by atoms with Crippen LogP contribution in [0.2, 0.25) is 0 Å². The minimum absolute atomic E-state index is 0.150. The number of alkyl carbamates (subject to hydrolysis) is 1. The van der Waals surface area contributed by atoms with E-state index in [1.54, 1.807) is 39.0 Å². The van der Waals surface area contributed by atoms with E-state index < -0.39 is 26.9 Å². The Morgan fingerprint density at radius 2 is 1.52 bits per heavy atom. The number of carbonyl (C=O) groups is 1. The maximum Gasteiger partial charge on any atom is 0.408 e. The molecule has 2 aromatic rings. The molecule has 5 nitrogen and oxygen atoms in total. The minimum Gasteiger partial charge on any atom is -0.444 e. The van der Waals surface area contributed by atoms with Crippen LogP contribution in [-0.4, -0.2) is 25.5 Å². The molecule has 1 N–H and O–H groups in total. The van der Waals surface area contributed by atoms with Gasteiger partial charge in [-0.25, -0.2) is 13.2 Å². The maximum atomic E-state index is 13.0. The van der Waals surface area contributed by atoms with Crippen molar-refractivity contribution in [2.45, 2.75) is 43.1 Å². The van der Waals surface area contributed by atoms with Crippen molar-refractivity contribution in [2.75, 3.05) is 0 Å². The summed E-state index contributed by atoms with van der Waals surface area (Å²) in [6, 6.07) is 17.2. The molecule has 0 heterocycles. The second-order valence-electron chi connectivity index (χ2n) is 6.68. The Morgan fingerprint density at radius 1 is 1.00 bits per heavy atom. The molecule has 134 valence electrons. The number of carbonyl (C=O) groups excluding carboxylic acids is 1. The normalized spacial score (nSPS) is 13.1. The zero-order valence-corrected chi connectivity index (χ0v) is 15.4. The van der Waals surface area contributed by atoms with Crippen molar-refractivity contribution in [2.24, 2.45) is 0 Å². The van der Waals surface area contributed by atoms with Gasteiger partial charge in [-0.3, -0.25) is 0 Å². The number of rotatable bonds is 5. The quantitative estimate of drug-likeness (QED) is 0.884. The fourth-order valence-electron chi connectivity index (χ4n) is 2.28. The minimum atomic E-state index is -3.76. The molecule has 0 saturated carbocycles. The van der Waals surface area contributed by atoms with Crippen molar-refractivity contribution in [3.05, 3.63) is 66.2 Å². The van der Waals surface area contributed by atoms with Gasteiger partial charge in [0.05, 0.1) is 4.90 Å². The molecule has 1 unspecified atom stereocenters. The summed E-state index contributed by atoms with van der Waals surface area (Å²) in [5.74, 6) is 0. The lowest BCUT2D eigenvalue weighted by molar-refractivity contribution is 0.0520.